The van der Waals surface area contributed by atoms with Crippen molar-refractivity contribution >= 4 is 21.8 Å². The van der Waals surface area contributed by atoms with E-state index in [2.05, 4.69) is 22.0 Å². The summed E-state index contributed by atoms with van der Waals surface area (Å²) < 4.78 is 1.01. The van der Waals surface area contributed by atoms with E-state index in [1.807, 2.05) is 24.3 Å². The highest BCUT2D eigenvalue weighted by atomic mass is 79.9. The minimum absolute atomic E-state index is 0.0140. The Hall–Kier alpha value is -1.34. The van der Waals surface area contributed by atoms with Crippen LogP contribution in [0.2, 0.25) is 0 Å². The first kappa shape index (κ1) is 12.1. The van der Waals surface area contributed by atoms with Crippen molar-refractivity contribution in [1.29, 1.82) is 5.26 Å². The van der Waals surface area contributed by atoms with Gasteiger partial charge in [0.2, 0.25) is 5.91 Å². The molecule has 4 heteroatoms. The molecule has 1 aliphatic heterocycles. The Morgan fingerprint density at radius 2 is 2.35 bits per heavy atom. The van der Waals surface area contributed by atoms with Gasteiger partial charge in [0, 0.05) is 24.0 Å². The maximum Gasteiger partial charge on any atom is 0.222 e. The molecule has 1 amide bonds. The highest BCUT2D eigenvalue weighted by Gasteiger charge is 2.25. The summed E-state index contributed by atoms with van der Waals surface area (Å²) in [6.07, 6.45) is 1.19. The highest BCUT2D eigenvalue weighted by molar-refractivity contribution is 9.10. The van der Waals surface area contributed by atoms with Crippen LogP contribution in [-0.2, 0) is 11.3 Å². The number of nitriles is 1. The van der Waals surface area contributed by atoms with Crippen molar-refractivity contribution in [3.63, 3.8) is 0 Å². The molecular formula is C13H13BrN2O. The topological polar surface area (TPSA) is 44.1 Å². The van der Waals surface area contributed by atoms with E-state index in [4.69, 9.17) is 5.26 Å². The van der Waals surface area contributed by atoms with Gasteiger partial charge in [0.15, 0.2) is 0 Å². The molecular weight excluding hydrogens is 280 g/mol. The molecule has 0 radical (unpaired) electrons. The third-order valence-electron chi connectivity index (χ3n) is 2.95. The molecule has 0 bridgehead atoms. The molecule has 17 heavy (non-hydrogen) atoms. The lowest BCUT2D eigenvalue weighted by molar-refractivity contribution is -0.134. The maximum absolute atomic E-state index is 11.7. The van der Waals surface area contributed by atoms with Gasteiger partial charge in [-0.15, -0.1) is 0 Å². The highest BCUT2D eigenvalue weighted by Crippen LogP contribution is 2.20. The van der Waals surface area contributed by atoms with Gasteiger partial charge in [-0.3, -0.25) is 4.79 Å². The number of rotatable bonds is 2. The molecule has 0 N–H and O–H groups in total. The smallest absolute Gasteiger partial charge is 0.222 e. The fourth-order valence-electron chi connectivity index (χ4n) is 2.03. The molecule has 2 rings (SSSR count). The number of piperidine rings is 1. The van der Waals surface area contributed by atoms with Crippen molar-refractivity contribution in [1.82, 2.24) is 4.90 Å². The molecule has 1 aromatic rings. The normalized spacial score (nSPS) is 20.1. The number of hydrogen-bond acceptors (Lipinski definition) is 2. The van der Waals surface area contributed by atoms with Crippen molar-refractivity contribution in [2.75, 3.05) is 6.54 Å². The van der Waals surface area contributed by atoms with Crippen LogP contribution in [0.1, 0.15) is 18.4 Å². The second-order valence-electron chi connectivity index (χ2n) is 4.27. The molecule has 1 saturated heterocycles. The molecule has 88 valence electrons. The van der Waals surface area contributed by atoms with Crippen LogP contribution in [0.5, 0.6) is 0 Å². The fraction of sp³-hybridized carbons (Fsp3) is 0.385. The molecule has 0 saturated carbocycles. The number of amides is 1. The summed E-state index contributed by atoms with van der Waals surface area (Å²) in [6.45, 7) is 1.15. The monoisotopic (exact) mass is 292 g/mol. The van der Waals surface area contributed by atoms with Crippen LogP contribution >= 0.6 is 15.9 Å². The van der Waals surface area contributed by atoms with E-state index < -0.39 is 0 Å². The first-order chi connectivity index (χ1) is 8.19. The number of carbonyl (C=O) groups is 1. The van der Waals surface area contributed by atoms with Gasteiger partial charge in [-0.1, -0.05) is 28.1 Å². The van der Waals surface area contributed by atoms with Gasteiger partial charge in [0.1, 0.15) is 0 Å². The molecule has 1 atom stereocenters. The molecule has 1 fully saturated rings. The van der Waals surface area contributed by atoms with Crippen LogP contribution in [0.4, 0.5) is 0 Å². The van der Waals surface area contributed by atoms with Gasteiger partial charge in [-0.05, 0) is 24.1 Å². The first-order valence-electron chi connectivity index (χ1n) is 5.61. The summed E-state index contributed by atoms with van der Waals surface area (Å²) in [5.41, 5.74) is 1.09. The maximum atomic E-state index is 11.7. The van der Waals surface area contributed by atoms with E-state index in [0.29, 0.717) is 25.9 Å². The predicted molar refractivity (Wildman–Crippen MR) is 67.9 cm³/mol. The molecule has 1 unspecified atom stereocenters. The van der Waals surface area contributed by atoms with E-state index in [9.17, 15) is 4.79 Å². The average molecular weight is 293 g/mol. The zero-order chi connectivity index (χ0) is 12.3. The Balaban J connectivity index is 2.07. The quantitative estimate of drug-likeness (QED) is 0.841. The number of nitrogens with zero attached hydrogens (tertiary/aromatic N) is 2. The zero-order valence-corrected chi connectivity index (χ0v) is 11.0. The van der Waals surface area contributed by atoms with Crippen molar-refractivity contribution < 1.29 is 4.79 Å². The van der Waals surface area contributed by atoms with Crippen molar-refractivity contribution in [2.24, 2.45) is 5.92 Å². The Morgan fingerprint density at radius 1 is 1.53 bits per heavy atom. The van der Waals surface area contributed by atoms with Crippen LogP contribution < -0.4 is 0 Å². The second-order valence-corrected chi connectivity index (χ2v) is 5.18. The van der Waals surface area contributed by atoms with Crippen molar-refractivity contribution in [2.45, 2.75) is 19.4 Å². The average Bonchev–Trinajstić information content (AvgIpc) is 2.32. The number of likely N-dealkylation sites (tertiary alicyclic amines) is 1. The molecule has 1 aromatic carbocycles. The van der Waals surface area contributed by atoms with E-state index in [-0.39, 0.29) is 11.8 Å². The minimum Gasteiger partial charge on any atom is -0.337 e. The summed E-state index contributed by atoms with van der Waals surface area (Å²) in [7, 11) is 0. The lowest BCUT2D eigenvalue weighted by atomic mass is 9.98. The number of carbonyl (C=O) groups excluding carboxylic acids is 1. The third-order valence-corrected chi connectivity index (χ3v) is 3.44. The Labute approximate surface area is 109 Å². The van der Waals surface area contributed by atoms with Crippen molar-refractivity contribution in [3.8, 4) is 6.07 Å². The molecule has 0 aromatic heterocycles. The molecule has 1 aliphatic rings. The largest absolute Gasteiger partial charge is 0.337 e. The van der Waals surface area contributed by atoms with Gasteiger partial charge in [0.05, 0.1) is 12.0 Å². The number of hydrogen-bond donors (Lipinski definition) is 0. The Kier molecular flexibility index (Phi) is 3.80. The summed E-state index contributed by atoms with van der Waals surface area (Å²) in [4.78, 5) is 13.5. The van der Waals surface area contributed by atoms with Gasteiger partial charge >= 0.3 is 0 Å². The van der Waals surface area contributed by atoms with E-state index >= 15 is 0 Å². The molecule has 1 heterocycles. The Morgan fingerprint density at radius 3 is 3.06 bits per heavy atom. The summed E-state index contributed by atoms with van der Waals surface area (Å²) in [5.74, 6) is 0.135. The van der Waals surface area contributed by atoms with Gasteiger partial charge in [-0.25, -0.2) is 0 Å². The first-order valence-corrected chi connectivity index (χ1v) is 6.40. The van der Waals surface area contributed by atoms with Crippen LogP contribution in [0, 0.1) is 17.2 Å². The van der Waals surface area contributed by atoms with Gasteiger partial charge in [0.25, 0.3) is 0 Å². The fourth-order valence-corrected chi connectivity index (χ4v) is 2.48. The van der Waals surface area contributed by atoms with Crippen LogP contribution in [-0.4, -0.2) is 17.4 Å². The SMILES string of the molecule is N#CC1CCC(=O)N(Cc2cccc(Br)c2)C1. The lowest BCUT2D eigenvalue weighted by Crippen LogP contribution is -2.38. The summed E-state index contributed by atoms with van der Waals surface area (Å²) in [6, 6.07) is 10.2. The Bertz CT molecular complexity index is 467. The third kappa shape index (κ3) is 3.07. The predicted octanol–water partition coefficient (Wildman–Crippen LogP) is 2.71. The van der Waals surface area contributed by atoms with Crippen molar-refractivity contribution in [3.05, 3.63) is 34.3 Å². The number of benzene rings is 1. The van der Waals surface area contributed by atoms with Gasteiger partial charge < -0.3 is 4.90 Å². The minimum atomic E-state index is -0.0140. The number of halogens is 1. The van der Waals surface area contributed by atoms with Crippen LogP contribution in [0.15, 0.2) is 28.7 Å². The van der Waals surface area contributed by atoms with Crippen LogP contribution in [0.25, 0.3) is 0 Å². The molecule has 0 spiro atoms. The summed E-state index contributed by atoms with van der Waals surface area (Å²) >= 11 is 3.41. The zero-order valence-electron chi connectivity index (χ0n) is 9.40. The van der Waals surface area contributed by atoms with Gasteiger partial charge in [-0.2, -0.15) is 5.26 Å². The summed E-state index contributed by atoms with van der Waals surface area (Å²) in [5, 5.41) is 8.91. The standard InChI is InChI=1S/C13H13BrN2O/c14-12-3-1-2-10(6-12)8-16-9-11(7-15)4-5-13(16)17/h1-3,6,11H,4-5,8-9H2. The van der Waals surface area contributed by atoms with E-state index in [1.165, 1.54) is 0 Å². The van der Waals surface area contributed by atoms with E-state index in [1.54, 1.807) is 4.90 Å². The lowest BCUT2D eigenvalue weighted by Gasteiger charge is -2.29. The van der Waals surface area contributed by atoms with Crippen LogP contribution in [0.3, 0.4) is 0 Å². The van der Waals surface area contributed by atoms with E-state index in [0.717, 1.165) is 10.0 Å². The molecule has 0 aliphatic carbocycles. The molecule has 3 nitrogen and oxygen atoms in total. The second kappa shape index (κ2) is 5.33.